The van der Waals surface area contributed by atoms with E-state index in [1.807, 2.05) is 32.9 Å². The van der Waals surface area contributed by atoms with Crippen LogP contribution in [0.5, 0.6) is 11.5 Å². The van der Waals surface area contributed by atoms with Gasteiger partial charge in [0, 0.05) is 5.56 Å². The largest absolute Gasteiger partial charge is 0.493 e. The van der Waals surface area contributed by atoms with Crippen LogP contribution in [0.1, 0.15) is 38.2 Å². The molecule has 0 saturated carbocycles. The number of nitrogens with one attached hydrogen (secondary N) is 1. The number of aryl methyl sites for hydroxylation is 3. The lowest BCUT2D eigenvalue weighted by atomic mass is 9.98. The number of nitrogens with zero attached hydrogens (tertiary/aromatic N) is 1. The van der Waals surface area contributed by atoms with Gasteiger partial charge in [0.2, 0.25) is 0 Å². The van der Waals surface area contributed by atoms with Crippen LogP contribution in [0, 0.1) is 32.1 Å². The average molecular weight is 557 g/mol. The van der Waals surface area contributed by atoms with Gasteiger partial charge in [-0.15, -0.1) is 0 Å². The Labute approximate surface area is 228 Å². The Morgan fingerprint density at radius 3 is 2.33 bits per heavy atom. The second kappa shape index (κ2) is 12.0. The van der Waals surface area contributed by atoms with Gasteiger partial charge in [0.25, 0.3) is 5.91 Å². The minimum absolute atomic E-state index is 0.123. The number of carbonyl (C=O) groups excluding carboxylic acids is 2. The summed E-state index contributed by atoms with van der Waals surface area (Å²) >= 11 is 5.93. The van der Waals surface area contributed by atoms with E-state index < -0.39 is 17.6 Å². The predicted molar refractivity (Wildman–Crippen MR) is 142 cm³/mol. The molecule has 3 aromatic rings. The molecule has 1 N–H and O–H groups in total. The highest BCUT2D eigenvalue weighted by atomic mass is 35.5. The molecule has 0 radical (unpaired) electrons. The first-order valence-corrected chi connectivity index (χ1v) is 11.9. The van der Waals surface area contributed by atoms with E-state index in [4.69, 9.17) is 21.1 Å². The highest BCUT2D eigenvalue weighted by molar-refractivity contribution is 6.34. The Kier molecular flexibility index (Phi) is 9.04. The van der Waals surface area contributed by atoms with E-state index in [2.05, 4.69) is 5.32 Å². The molecule has 0 heterocycles. The Balaban J connectivity index is 1.78. The van der Waals surface area contributed by atoms with E-state index in [-0.39, 0.29) is 40.2 Å². The molecule has 1 amide bonds. The highest BCUT2D eigenvalue weighted by Crippen LogP contribution is 2.34. The van der Waals surface area contributed by atoms with Gasteiger partial charge in [-0.05, 0) is 85.5 Å². The molecular weight excluding hydrogens is 533 g/mol. The van der Waals surface area contributed by atoms with Crippen LogP contribution in [0.2, 0.25) is 5.02 Å². The zero-order valence-corrected chi connectivity index (χ0v) is 22.3. The van der Waals surface area contributed by atoms with Crippen molar-refractivity contribution in [2.24, 2.45) is 0 Å². The number of ketones is 1. The third kappa shape index (κ3) is 7.18. The maximum atomic E-state index is 13.0. The van der Waals surface area contributed by atoms with Crippen molar-refractivity contribution in [3.05, 3.63) is 92.5 Å². The number of halogens is 4. The van der Waals surface area contributed by atoms with Crippen LogP contribution in [0.4, 0.5) is 18.9 Å². The third-order valence-electron chi connectivity index (χ3n) is 5.91. The quantitative estimate of drug-likeness (QED) is 0.182. The van der Waals surface area contributed by atoms with Crippen molar-refractivity contribution in [3.63, 3.8) is 0 Å². The number of ether oxygens (including phenoxy) is 2. The number of anilines is 1. The number of rotatable bonds is 8. The maximum Gasteiger partial charge on any atom is 0.416 e. The SMILES string of the molecule is COc1cc(C=C(C#N)C(=O)Nc2cc(C(F)(F)F)ccc2Cl)ccc1OCC(=O)c1cc(C)c(C)cc1C. The van der Waals surface area contributed by atoms with Crippen LogP contribution >= 0.6 is 11.6 Å². The van der Waals surface area contributed by atoms with Crippen molar-refractivity contribution in [1.29, 1.82) is 5.26 Å². The molecule has 3 rings (SSSR count). The summed E-state index contributed by atoms with van der Waals surface area (Å²) in [5.41, 5.74) is 2.16. The number of methoxy groups -OCH3 is 1. The molecule has 0 aromatic heterocycles. The van der Waals surface area contributed by atoms with Gasteiger partial charge < -0.3 is 14.8 Å². The van der Waals surface area contributed by atoms with Crippen molar-refractivity contribution >= 4 is 35.1 Å². The van der Waals surface area contributed by atoms with E-state index in [0.717, 1.165) is 28.8 Å². The minimum Gasteiger partial charge on any atom is -0.493 e. The van der Waals surface area contributed by atoms with Crippen molar-refractivity contribution in [2.75, 3.05) is 19.0 Å². The number of hydrogen-bond donors (Lipinski definition) is 1. The fraction of sp³-hybridized carbons (Fsp3) is 0.207. The highest BCUT2D eigenvalue weighted by Gasteiger charge is 2.31. The predicted octanol–water partition coefficient (Wildman–Crippen LogP) is 7.10. The molecule has 0 unspecified atom stereocenters. The molecule has 0 spiro atoms. The van der Waals surface area contributed by atoms with Gasteiger partial charge in [-0.25, -0.2) is 0 Å². The summed E-state index contributed by atoms with van der Waals surface area (Å²) < 4.78 is 50.1. The van der Waals surface area contributed by atoms with Crippen LogP contribution < -0.4 is 14.8 Å². The molecule has 0 saturated heterocycles. The number of alkyl halides is 3. The summed E-state index contributed by atoms with van der Waals surface area (Å²) in [7, 11) is 1.39. The number of carbonyl (C=O) groups is 2. The fourth-order valence-electron chi connectivity index (χ4n) is 3.68. The summed E-state index contributed by atoms with van der Waals surface area (Å²) in [5.74, 6) is -0.652. The minimum atomic E-state index is -4.64. The van der Waals surface area contributed by atoms with Crippen LogP contribution in [0.25, 0.3) is 6.08 Å². The number of Topliss-reactive ketones (excluding diaryl/α,β-unsaturated/α-hetero) is 1. The van der Waals surface area contributed by atoms with Crippen LogP contribution in [0.15, 0.2) is 54.1 Å². The Hall–Kier alpha value is -4.29. The summed E-state index contributed by atoms with van der Waals surface area (Å²) in [6.45, 7) is 5.51. The van der Waals surface area contributed by atoms with Crippen molar-refractivity contribution in [1.82, 2.24) is 0 Å². The molecule has 202 valence electrons. The maximum absolute atomic E-state index is 13.0. The fourth-order valence-corrected chi connectivity index (χ4v) is 3.84. The number of nitriles is 1. The molecule has 10 heteroatoms. The van der Waals surface area contributed by atoms with Crippen LogP contribution in [0.3, 0.4) is 0 Å². The lowest BCUT2D eigenvalue weighted by Crippen LogP contribution is -2.15. The summed E-state index contributed by atoms with van der Waals surface area (Å²) in [6, 6.07) is 12.5. The molecule has 6 nitrogen and oxygen atoms in total. The molecule has 0 aliphatic rings. The lowest BCUT2D eigenvalue weighted by Gasteiger charge is -2.13. The average Bonchev–Trinajstić information content (AvgIpc) is 2.88. The first kappa shape index (κ1) is 29.3. The second-order valence-electron chi connectivity index (χ2n) is 8.69. The molecule has 0 bridgehead atoms. The molecule has 0 aliphatic heterocycles. The van der Waals surface area contributed by atoms with Gasteiger partial charge in [-0.3, -0.25) is 9.59 Å². The van der Waals surface area contributed by atoms with E-state index in [0.29, 0.717) is 17.2 Å². The number of benzene rings is 3. The standard InChI is InChI=1S/C29H24ClF3N2O4/c1-16-9-18(3)22(10-17(16)2)25(36)15-39-26-8-5-19(12-27(26)38-4)11-20(14-34)28(37)35-24-13-21(29(31,32)33)6-7-23(24)30/h5-13H,15H2,1-4H3,(H,35,37). The Morgan fingerprint density at radius 2 is 1.69 bits per heavy atom. The van der Waals surface area contributed by atoms with Crippen molar-refractivity contribution in [3.8, 4) is 17.6 Å². The van der Waals surface area contributed by atoms with Gasteiger partial charge in [0.05, 0.1) is 23.4 Å². The van der Waals surface area contributed by atoms with Gasteiger partial charge in [-0.1, -0.05) is 23.7 Å². The molecule has 3 aromatic carbocycles. The zero-order valence-electron chi connectivity index (χ0n) is 21.5. The van der Waals surface area contributed by atoms with Crippen molar-refractivity contribution in [2.45, 2.75) is 26.9 Å². The normalized spacial score (nSPS) is 11.5. The topological polar surface area (TPSA) is 88.4 Å². The Bertz CT molecular complexity index is 1510. The zero-order chi connectivity index (χ0) is 28.9. The Morgan fingerprint density at radius 1 is 1.00 bits per heavy atom. The summed E-state index contributed by atoms with van der Waals surface area (Å²) in [4.78, 5) is 25.4. The first-order valence-electron chi connectivity index (χ1n) is 11.6. The smallest absolute Gasteiger partial charge is 0.416 e. The molecule has 39 heavy (non-hydrogen) atoms. The molecular formula is C29H24ClF3N2O4. The van der Waals surface area contributed by atoms with Crippen LogP contribution in [-0.4, -0.2) is 25.4 Å². The van der Waals surface area contributed by atoms with Gasteiger partial charge in [0.15, 0.2) is 23.9 Å². The van der Waals surface area contributed by atoms with E-state index >= 15 is 0 Å². The van der Waals surface area contributed by atoms with E-state index in [9.17, 15) is 28.0 Å². The molecule has 0 atom stereocenters. The lowest BCUT2D eigenvalue weighted by molar-refractivity contribution is -0.137. The third-order valence-corrected chi connectivity index (χ3v) is 6.24. The molecule has 0 fully saturated rings. The first-order chi connectivity index (χ1) is 18.3. The monoisotopic (exact) mass is 556 g/mol. The summed E-state index contributed by atoms with van der Waals surface area (Å²) in [6.07, 6.45) is -3.41. The van der Waals surface area contributed by atoms with E-state index in [1.165, 1.54) is 31.4 Å². The number of hydrogen-bond acceptors (Lipinski definition) is 5. The molecule has 0 aliphatic carbocycles. The second-order valence-corrected chi connectivity index (χ2v) is 9.10. The summed E-state index contributed by atoms with van der Waals surface area (Å²) in [5, 5.41) is 11.6. The van der Waals surface area contributed by atoms with Crippen molar-refractivity contribution < 1.29 is 32.2 Å². The van der Waals surface area contributed by atoms with Crippen LogP contribution in [-0.2, 0) is 11.0 Å². The van der Waals surface area contributed by atoms with E-state index in [1.54, 1.807) is 6.07 Å². The van der Waals surface area contributed by atoms with Gasteiger partial charge in [0.1, 0.15) is 11.6 Å². The van der Waals surface area contributed by atoms with Gasteiger partial charge >= 0.3 is 6.18 Å². The van der Waals surface area contributed by atoms with Gasteiger partial charge in [-0.2, -0.15) is 18.4 Å². The number of amides is 1.